The van der Waals surface area contributed by atoms with Crippen molar-refractivity contribution >= 4 is 29.9 Å². The van der Waals surface area contributed by atoms with Crippen LogP contribution in [0.1, 0.15) is 12.5 Å². The van der Waals surface area contributed by atoms with Crippen LogP contribution in [-0.4, -0.2) is 43.4 Å². The van der Waals surface area contributed by atoms with Crippen LogP contribution in [0.2, 0.25) is 0 Å². The van der Waals surface area contributed by atoms with Gasteiger partial charge in [-0.1, -0.05) is 12.1 Å². The average Bonchev–Trinajstić information content (AvgIpc) is 2.44. The van der Waals surface area contributed by atoms with E-state index in [9.17, 15) is 22.8 Å². The van der Waals surface area contributed by atoms with Crippen molar-refractivity contribution in [1.29, 1.82) is 0 Å². The summed E-state index contributed by atoms with van der Waals surface area (Å²) in [6, 6.07) is 4.70. The van der Waals surface area contributed by atoms with Crippen molar-refractivity contribution in [2.75, 3.05) is 32.0 Å². The fraction of sp³-hybridized carbons (Fsp3) is 0.429. The monoisotopic (exact) mass is 353 g/mol. The van der Waals surface area contributed by atoms with Gasteiger partial charge in [-0.25, -0.2) is 0 Å². The number of amides is 2. The molecule has 0 radical (unpaired) electrons. The van der Waals surface area contributed by atoms with Gasteiger partial charge < -0.3 is 15.5 Å². The van der Waals surface area contributed by atoms with E-state index in [1.165, 1.54) is 23.1 Å². The first-order valence-corrected chi connectivity index (χ1v) is 6.68. The van der Waals surface area contributed by atoms with E-state index in [1.807, 2.05) is 0 Å². The Bertz CT molecular complexity index is 538. The van der Waals surface area contributed by atoms with Crippen LogP contribution in [0.3, 0.4) is 0 Å². The molecular weight excluding hydrogens is 335 g/mol. The maximum atomic E-state index is 12.8. The van der Waals surface area contributed by atoms with E-state index < -0.39 is 17.6 Å². The summed E-state index contributed by atoms with van der Waals surface area (Å²) in [5, 5.41) is 4.87. The number of benzene rings is 1. The third-order valence-corrected chi connectivity index (χ3v) is 2.90. The Hall–Kier alpha value is -1.80. The minimum atomic E-state index is -4.56. The van der Waals surface area contributed by atoms with Gasteiger partial charge in [0.15, 0.2) is 0 Å². The zero-order valence-corrected chi connectivity index (χ0v) is 13.6. The minimum absolute atomic E-state index is 0. The second-order valence-corrected chi connectivity index (χ2v) is 4.53. The number of hydrogen-bond donors (Lipinski definition) is 2. The summed E-state index contributed by atoms with van der Waals surface area (Å²) < 4.78 is 38.5. The smallest absolute Gasteiger partial charge is 0.333 e. The number of alkyl halides is 3. The number of halogens is 4. The van der Waals surface area contributed by atoms with Gasteiger partial charge >= 0.3 is 6.18 Å². The quantitative estimate of drug-likeness (QED) is 0.823. The molecule has 5 nitrogen and oxygen atoms in total. The average molecular weight is 354 g/mol. The lowest BCUT2D eigenvalue weighted by atomic mass is 10.1. The van der Waals surface area contributed by atoms with Crippen LogP contribution in [0.5, 0.6) is 0 Å². The highest BCUT2D eigenvalue weighted by molar-refractivity contribution is 5.95. The van der Waals surface area contributed by atoms with Gasteiger partial charge in [-0.2, -0.15) is 13.2 Å². The van der Waals surface area contributed by atoms with Crippen molar-refractivity contribution in [3.63, 3.8) is 0 Å². The van der Waals surface area contributed by atoms with Gasteiger partial charge in [0.05, 0.1) is 24.3 Å². The van der Waals surface area contributed by atoms with E-state index in [0.29, 0.717) is 0 Å². The highest BCUT2D eigenvalue weighted by atomic mass is 35.5. The highest BCUT2D eigenvalue weighted by Gasteiger charge is 2.33. The normalized spacial score (nSPS) is 10.7. The molecule has 0 saturated heterocycles. The molecule has 2 amide bonds. The Kier molecular flexibility index (Phi) is 8.63. The van der Waals surface area contributed by atoms with Crippen LogP contribution in [0, 0.1) is 0 Å². The molecule has 23 heavy (non-hydrogen) atoms. The highest BCUT2D eigenvalue weighted by Crippen LogP contribution is 2.34. The number of rotatable bonds is 6. The van der Waals surface area contributed by atoms with Gasteiger partial charge in [0.2, 0.25) is 11.8 Å². The topological polar surface area (TPSA) is 61.4 Å². The molecule has 9 heteroatoms. The number of nitrogens with one attached hydrogen (secondary N) is 2. The van der Waals surface area contributed by atoms with Crippen molar-refractivity contribution in [2.45, 2.75) is 13.1 Å². The fourth-order valence-electron chi connectivity index (χ4n) is 1.84. The zero-order chi connectivity index (χ0) is 16.8. The standard InChI is InChI=1S/C14H18F3N3O2.ClH/c1-3-20(13(22)8-18-2)9-12(21)19-11-7-5-4-6-10(11)14(15,16)17;/h4-7,18H,3,8-9H2,1-2H3,(H,19,21);1H. The molecule has 0 heterocycles. The maximum absolute atomic E-state index is 12.8. The number of para-hydroxylation sites is 1. The molecule has 0 aliphatic carbocycles. The summed E-state index contributed by atoms with van der Waals surface area (Å²) in [6.45, 7) is 1.73. The van der Waals surface area contributed by atoms with Gasteiger partial charge in [-0.3, -0.25) is 9.59 Å². The number of carbonyl (C=O) groups is 2. The lowest BCUT2D eigenvalue weighted by Gasteiger charge is -2.21. The van der Waals surface area contributed by atoms with Crippen LogP contribution in [0.4, 0.5) is 18.9 Å². The molecule has 0 aromatic heterocycles. The van der Waals surface area contributed by atoms with Crippen molar-refractivity contribution in [3.8, 4) is 0 Å². The summed E-state index contributed by atoms with van der Waals surface area (Å²) in [7, 11) is 1.59. The molecule has 130 valence electrons. The molecule has 0 unspecified atom stereocenters. The second-order valence-electron chi connectivity index (χ2n) is 4.53. The molecule has 2 N–H and O–H groups in total. The second kappa shape index (κ2) is 9.36. The van der Waals surface area contributed by atoms with E-state index in [0.717, 1.165) is 6.07 Å². The predicted octanol–water partition coefficient (Wildman–Crippen LogP) is 2.13. The molecule has 1 aromatic rings. The van der Waals surface area contributed by atoms with E-state index in [-0.39, 0.29) is 43.6 Å². The van der Waals surface area contributed by atoms with Gasteiger partial charge in [0.25, 0.3) is 0 Å². The Morgan fingerprint density at radius 1 is 1.22 bits per heavy atom. The molecule has 0 aliphatic rings. The summed E-state index contributed by atoms with van der Waals surface area (Å²) in [5.41, 5.74) is -1.25. The van der Waals surface area contributed by atoms with Gasteiger partial charge in [-0.15, -0.1) is 12.4 Å². The molecule has 0 atom stereocenters. The van der Waals surface area contributed by atoms with Gasteiger partial charge in [0, 0.05) is 6.54 Å². The molecule has 0 saturated carbocycles. The third-order valence-electron chi connectivity index (χ3n) is 2.90. The summed E-state index contributed by atoms with van der Waals surface area (Å²) in [6.07, 6.45) is -4.56. The maximum Gasteiger partial charge on any atom is 0.418 e. The number of carbonyl (C=O) groups excluding carboxylic acids is 2. The lowest BCUT2D eigenvalue weighted by molar-refractivity contribution is -0.137. The summed E-state index contributed by atoms with van der Waals surface area (Å²) in [4.78, 5) is 24.8. The Labute approximate surface area is 138 Å². The van der Waals surface area contributed by atoms with E-state index in [1.54, 1.807) is 14.0 Å². The van der Waals surface area contributed by atoms with Crippen molar-refractivity contribution < 1.29 is 22.8 Å². The predicted molar refractivity (Wildman–Crippen MR) is 83.5 cm³/mol. The zero-order valence-electron chi connectivity index (χ0n) is 12.7. The molecule has 0 fully saturated rings. The van der Waals surface area contributed by atoms with Crippen LogP contribution in [-0.2, 0) is 15.8 Å². The molecule has 0 aliphatic heterocycles. The SMILES string of the molecule is CCN(CC(=O)Nc1ccccc1C(F)(F)F)C(=O)CNC.Cl. The first kappa shape index (κ1) is 21.2. The molecule has 1 aromatic carbocycles. The summed E-state index contributed by atoms with van der Waals surface area (Å²) >= 11 is 0. The van der Waals surface area contributed by atoms with Crippen LogP contribution < -0.4 is 10.6 Å². The largest absolute Gasteiger partial charge is 0.418 e. The Morgan fingerprint density at radius 2 is 1.83 bits per heavy atom. The minimum Gasteiger partial charge on any atom is -0.333 e. The fourth-order valence-corrected chi connectivity index (χ4v) is 1.84. The molecule has 0 spiro atoms. The first-order valence-electron chi connectivity index (χ1n) is 6.68. The van der Waals surface area contributed by atoms with E-state index >= 15 is 0 Å². The number of anilines is 1. The van der Waals surface area contributed by atoms with E-state index in [4.69, 9.17) is 0 Å². The lowest BCUT2D eigenvalue weighted by Crippen LogP contribution is -2.41. The number of likely N-dealkylation sites (N-methyl/N-ethyl adjacent to an activating group) is 2. The number of nitrogens with zero attached hydrogens (tertiary/aromatic N) is 1. The van der Waals surface area contributed by atoms with Gasteiger partial charge in [0.1, 0.15) is 0 Å². The molecule has 0 bridgehead atoms. The van der Waals surface area contributed by atoms with Gasteiger partial charge in [-0.05, 0) is 26.1 Å². The van der Waals surface area contributed by atoms with Crippen LogP contribution in [0.25, 0.3) is 0 Å². The van der Waals surface area contributed by atoms with Crippen molar-refractivity contribution in [1.82, 2.24) is 10.2 Å². The Morgan fingerprint density at radius 3 is 2.35 bits per heavy atom. The third kappa shape index (κ3) is 6.45. The molecular formula is C14H19ClF3N3O2. The molecule has 1 rings (SSSR count). The van der Waals surface area contributed by atoms with Crippen molar-refractivity contribution in [2.24, 2.45) is 0 Å². The first-order chi connectivity index (χ1) is 10.3. The van der Waals surface area contributed by atoms with E-state index in [2.05, 4.69) is 10.6 Å². The number of hydrogen-bond acceptors (Lipinski definition) is 3. The Balaban J connectivity index is 0.00000484. The van der Waals surface area contributed by atoms with Crippen LogP contribution in [0.15, 0.2) is 24.3 Å². The summed E-state index contributed by atoms with van der Waals surface area (Å²) in [5.74, 6) is -0.979. The van der Waals surface area contributed by atoms with Crippen LogP contribution >= 0.6 is 12.4 Å². The van der Waals surface area contributed by atoms with Crippen molar-refractivity contribution in [3.05, 3.63) is 29.8 Å².